The Morgan fingerprint density at radius 1 is 1.44 bits per heavy atom. The van der Waals surface area contributed by atoms with Crippen molar-refractivity contribution >= 4 is 5.91 Å². The van der Waals surface area contributed by atoms with E-state index < -0.39 is 5.54 Å². The second kappa shape index (κ2) is 5.64. The third-order valence-corrected chi connectivity index (χ3v) is 3.38. The highest BCUT2D eigenvalue weighted by Gasteiger charge is 2.45. The fraction of sp³-hybridized carbons (Fsp3) is 0.917. The van der Waals surface area contributed by atoms with E-state index in [2.05, 4.69) is 0 Å². The van der Waals surface area contributed by atoms with Crippen molar-refractivity contribution in [2.45, 2.75) is 44.6 Å². The van der Waals surface area contributed by atoms with Gasteiger partial charge in [-0.1, -0.05) is 0 Å². The molecule has 0 spiro atoms. The fourth-order valence-electron chi connectivity index (χ4n) is 2.01. The Kier molecular flexibility index (Phi) is 4.74. The highest BCUT2D eigenvalue weighted by atomic mass is 16.2. The van der Waals surface area contributed by atoms with Crippen LogP contribution in [0.3, 0.4) is 0 Å². The summed E-state index contributed by atoms with van der Waals surface area (Å²) >= 11 is 0. The number of nitrogens with zero attached hydrogens (tertiary/aromatic N) is 1. The van der Waals surface area contributed by atoms with E-state index in [9.17, 15) is 4.79 Å². The van der Waals surface area contributed by atoms with Crippen LogP contribution < -0.4 is 5.73 Å². The van der Waals surface area contributed by atoms with E-state index in [4.69, 9.17) is 10.8 Å². The van der Waals surface area contributed by atoms with Gasteiger partial charge in [-0.3, -0.25) is 4.79 Å². The Labute approximate surface area is 97.8 Å². The number of carbonyl (C=O) groups excluding carboxylic acids is 1. The lowest BCUT2D eigenvalue weighted by molar-refractivity contribution is -0.135. The summed E-state index contributed by atoms with van der Waals surface area (Å²) < 4.78 is 0. The lowest BCUT2D eigenvalue weighted by Gasteiger charge is -2.29. The first-order valence-electron chi connectivity index (χ1n) is 6.15. The highest BCUT2D eigenvalue weighted by molar-refractivity contribution is 5.86. The zero-order valence-electron chi connectivity index (χ0n) is 10.4. The van der Waals surface area contributed by atoms with Gasteiger partial charge in [0.05, 0.1) is 5.54 Å². The normalized spacial score (nSPS) is 19.2. The Bertz CT molecular complexity index is 237. The minimum Gasteiger partial charge on any atom is -0.396 e. The van der Waals surface area contributed by atoms with Crippen molar-refractivity contribution < 1.29 is 9.90 Å². The standard InChI is InChI=1S/C12H24N2O2/c1-12(13,10-6-7-10)11(16)14(2)8-4-3-5-9-15/h10,15H,3-9,13H2,1-2H3. The summed E-state index contributed by atoms with van der Waals surface area (Å²) in [5.41, 5.74) is 5.39. The second-order valence-corrected chi connectivity index (χ2v) is 5.07. The Balaban J connectivity index is 2.29. The van der Waals surface area contributed by atoms with Crippen LogP contribution in [0.4, 0.5) is 0 Å². The number of hydrogen-bond acceptors (Lipinski definition) is 3. The molecule has 4 heteroatoms. The molecule has 0 saturated heterocycles. The fourth-order valence-corrected chi connectivity index (χ4v) is 2.01. The van der Waals surface area contributed by atoms with Crippen molar-refractivity contribution in [1.82, 2.24) is 4.90 Å². The summed E-state index contributed by atoms with van der Waals surface area (Å²) in [5.74, 6) is 0.430. The molecule has 1 saturated carbocycles. The van der Waals surface area contributed by atoms with Crippen LogP contribution in [0.5, 0.6) is 0 Å². The van der Waals surface area contributed by atoms with Crippen molar-refractivity contribution in [3.63, 3.8) is 0 Å². The van der Waals surface area contributed by atoms with E-state index in [1.807, 2.05) is 14.0 Å². The minimum absolute atomic E-state index is 0.0546. The van der Waals surface area contributed by atoms with Gasteiger partial charge in [0.2, 0.25) is 5.91 Å². The van der Waals surface area contributed by atoms with Crippen molar-refractivity contribution in [2.75, 3.05) is 20.2 Å². The molecule has 1 aliphatic carbocycles. The first-order chi connectivity index (χ1) is 7.50. The molecule has 1 atom stereocenters. The number of amides is 1. The van der Waals surface area contributed by atoms with Gasteiger partial charge in [0.1, 0.15) is 0 Å². The van der Waals surface area contributed by atoms with Crippen molar-refractivity contribution in [1.29, 1.82) is 0 Å². The SMILES string of the molecule is CN(CCCCCO)C(=O)C(C)(N)C1CC1. The average molecular weight is 228 g/mol. The molecule has 4 nitrogen and oxygen atoms in total. The number of aliphatic hydroxyl groups excluding tert-OH is 1. The van der Waals surface area contributed by atoms with E-state index >= 15 is 0 Å². The summed E-state index contributed by atoms with van der Waals surface area (Å²) in [4.78, 5) is 13.8. The molecule has 0 radical (unpaired) electrons. The van der Waals surface area contributed by atoms with E-state index in [0.29, 0.717) is 5.92 Å². The number of carbonyl (C=O) groups is 1. The number of unbranched alkanes of at least 4 members (excludes halogenated alkanes) is 2. The van der Waals surface area contributed by atoms with Gasteiger partial charge in [-0.05, 0) is 44.9 Å². The molecule has 1 fully saturated rings. The quantitative estimate of drug-likeness (QED) is 0.631. The summed E-state index contributed by atoms with van der Waals surface area (Å²) in [6.07, 6.45) is 4.86. The van der Waals surface area contributed by atoms with Crippen LogP contribution in [-0.2, 0) is 4.79 Å². The van der Waals surface area contributed by atoms with Gasteiger partial charge >= 0.3 is 0 Å². The molecule has 0 aromatic rings. The number of nitrogens with two attached hydrogens (primary N) is 1. The van der Waals surface area contributed by atoms with Crippen LogP contribution in [0.2, 0.25) is 0 Å². The van der Waals surface area contributed by atoms with Gasteiger partial charge in [-0.2, -0.15) is 0 Å². The molecule has 0 bridgehead atoms. The van der Waals surface area contributed by atoms with Crippen molar-refractivity contribution in [3.05, 3.63) is 0 Å². The van der Waals surface area contributed by atoms with Gasteiger partial charge in [0, 0.05) is 20.2 Å². The maximum atomic E-state index is 12.1. The average Bonchev–Trinajstić information content (AvgIpc) is 3.06. The van der Waals surface area contributed by atoms with E-state index in [0.717, 1.165) is 38.6 Å². The maximum absolute atomic E-state index is 12.1. The summed E-state index contributed by atoms with van der Waals surface area (Å²) in [5, 5.41) is 8.65. The lowest BCUT2D eigenvalue weighted by Crippen LogP contribution is -2.54. The van der Waals surface area contributed by atoms with Gasteiger partial charge in [-0.25, -0.2) is 0 Å². The third kappa shape index (κ3) is 3.46. The Morgan fingerprint density at radius 2 is 2.06 bits per heavy atom. The van der Waals surface area contributed by atoms with Gasteiger partial charge < -0.3 is 15.7 Å². The molecule has 0 aliphatic heterocycles. The molecule has 0 aromatic heterocycles. The first-order valence-corrected chi connectivity index (χ1v) is 6.15. The van der Waals surface area contributed by atoms with Gasteiger partial charge in [0.25, 0.3) is 0 Å². The molecule has 3 N–H and O–H groups in total. The van der Waals surface area contributed by atoms with Crippen molar-refractivity contribution in [2.24, 2.45) is 11.7 Å². The van der Waals surface area contributed by atoms with Crippen LogP contribution in [0.25, 0.3) is 0 Å². The summed E-state index contributed by atoms with van der Waals surface area (Å²) in [6.45, 7) is 2.81. The zero-order chi connectivity index (χ0) is 12.2. The third-order valence-electron chi connectivity index (χ3n) is 3.38. The molecule has 1 unspecified atom stereocenters. The highest BCUT2D eigenvalue weighted by Crippen LogP contribution is 2.38. The Hall–Kier alpha value is -0.610. The molecule has 94 valence electrons. The van der Waals surface area contributed by atoms with Crippen LogP contribution in [0.15, 0.2) is 0 Å². The molecule has 0 aromatic carbocycles. The number of hydrogen-bond donors (Lipinski definition) is 2. The van der Waals surface area contributed by atoms with Crippen LogP contribution in [0.1, 0.15) is 39.0 Å². The number of aliphatic hydroxyl groups is 1. The summed E-state index contributed by atoms with van der Waals surface area (Å²) in [6, 6.07) is 0. The van der Waals surface area contributed by atoms with Crippen LogP contribution in [0, 0.1) is 5.92 Å². The van der Waals surface area contributed by atoms with Gasteiger partial charge in [-0.15, -0.1) is 0 Å². The topological polar surface area (TPSA) is 66.6 Å². The smallest absolute Gasteiger partial charge is 0.242 e. The molecule has 0 heterocycles. The maximum Gasteiger partial charge on any atom is 0.242 e. The van der Waals surface area contributed by atoms with Crippen molar-refractivity contribution in [3.8, 4) is 0 Å². The molecule has 1 amide bonds. The molecule has 16 heavy (non-hydrogen) atoms. The lowest BCUT2D eigenvalue weighted by atomic mass is 9.95. The molecule has 1 aliphatic rings. The predicted molar refractivity (Wildman–Crippen MR) is 63.9 cm³/mol. The van der Waals surface area contributed by atoms with E-state index in [1.54, 1.807) is 4.90 Å². The molecule has 1 rings (SSSR count). The Morgan fingerprint density at radius 3 is 2.56 bits per heavy atom. The zero-order valence-corrected chi connectivity index (χ0v) is 10.4. The number of rotatable bonds is 7. The second-order valence-electron chi connectivity index (χ2n) is 5.07. The minimum atomic E-state index is -0.675. The first kappa shape index (κ1) is 13.5. The molecular weight excluding hydrogens is 204 g/mol. The summed E-state index contributed by atoms with van der Waals surface area (Å²) in [7, 11) is 1.81. The molecular formula is C12H24N2O2. The van der Waals surface area contributed by atoms with Crippen LogP contribution in [-0.4, -0.2) is 41.7 Å². The van der Waals surface area contributed by atoms with Crippen LogP contribution >= 0.6 is 0 Å². The number of likely N-dealkylation sites (N-methyl/N-ethyl adjacent to an activating group) is 1. The largest absolute Gasteiger partial charge is 0.396 e. The van der Waals surface area contributed by atoms with Gasteiger partial charge in [0.15, 0.2) is 0 Å². The predicted octanol–water partition coefficient (Wildman–Crippen LogP) is 0.735. The monoisotopic (exact) mass is 228 g/mol. The van der Waals surface area contributed by atoms with E-state index in [1.165, 1.54) is 0 Å². The van der Waals surface area contributed by atoms with E-state index in [-0.39, 0.29) is 12.5 Å².